The number of aromatic amines is 2. The van der Waals surface area contributed by atoms with E-state index < -0.39 is 28.8 Å². The number of hydrogen-bond acceptors (Lipinski definition) is 9. The summed E-state index contributed by atoms with van der Waals surface area (Å²) in [6.07, 6.45) is 4.86. The van der Waals surface area contributed by atoms with Gasteiger partial charge in [0.1, 0.15) is 0 Å². The van der Waals surface area contributed by atoms with Crippen molar-refractivity contribution in [3.05, 3.63) is 61.9 Å². The fraction of sp³-hybridized carbons (Fsp3) is 0.188. The summed E-state index contributed by atoms with van der Waals surface area (Å²) in [5.41, 5.74) is -1.42. The maximum Gasteiger partial charge on any atom is 0.259 e. The molecule has 140 valence electrons. The number of nitrogens with one attached hydrogen (secondary N) is 2. The highest BCUT2D eigenvalue weighted by Crippen LogP contribution is 2.35. The molecule has 27 heavy (non-hydrogen) atoms. The number of rotatable bonds is 5. The second-order valence-corrected chi connectivity index (χ2v) is 6.90. The van der Waals surface area contributed by atoms with Gasteiger partial charge in [0.05, 0.1) is 22.7 Å². The van der Waals surface area contributed by atoms with Crippen LogP contribution >= 0.6 is 23.5 Å². The van der Waals surface area contributed by atoms with E-state index in [1.54, 1.807) is 30.7 Å². The van der Waals surface area contributed by atoms with Crippen molar-refractivity contribution in [3.8, 4) is 11.8 Å². The molecule has 0 saturated carbocycles. The molecule has 9 nitrogen and oxygen atoms in total. The predicted octanol–water partition coefficient (Wildman–Crippen LogP) is 1.28. The van der Waals surface area contributed by atoms with Crippen LogP contribution in [-0.2, 0) is 0 Å². The second kappa shape index (κ2) is 7.84. The lowest BCUT2D eigenvalue weighted by atomic mass is 9.90. The summed E-state index contributed by atoms with van der Waals surface area (Å²) < 4.78 is 0. The smallest absolute Gasteiger partial charge is 0.259 e. The van der Waals surface area contributed by atoms with Gasteiger partial charge in [-0.1, -0.05) is 29.6 Å². The first kappa shape index (κ1) is 19.0. The van der Waals surface area contributed by atoms with Gasteiger partial charge in [0.15, 0.2) is 10.3 Å². The zero-order valence-corrected chi connectivity index (χ0v) is 15.9. The topological polar surface area (TPSA) is 145 Å². The van der Waals surface area contributed by atoms with Gasteiger partial charge in [-0.2, -0.15) is 9.97 Å². The highest BCUT2D eigenvalue weighted by Gasteiger charge is 2.31. The molecule has 0 aliphatic heterocycles. The molecule has 4 N–H and O–H groups in total. The number of aromatic nitrogens is 5. The predicted molar refractivity (Wildman–Crippen MR) is 102 cm³/mol. The van der Waals surface area contributed by atoms with Crippen molar-refractivity contribution < 1.29 is 10.2 Å². The number of thioether (sulfide) groups is 2. The van der Waals surface area contributed by atoms with Crippen LogP contribution in [0.25, 0.3) is 0 Å². The molecule has 0 aliphatic rings. The van der Waals surface area contributed by atoms with E-state index in [0.29, 0.717) is 0 Å². The molecule has 0 radical (unpaired) electrons. The highest BCUT2D eigenvalue weighted by molar-refractivity contribution is 7.98. The van der Waals surface area contributed by atoms with Gasteiger partial charge in [-0.15, -0.1) is 0 Å². The van der Waals surface area contributed by atoms with E-state index in [4.69, 9.17) is 0 Å². The molecule has 0 aromatic carbocycles. The van der Waals surface area contributed by atoms with Crippen molar-refractivity contribution in [2.45, 2.75) is 16.2 Å². The van der Waals surface area contributed by atoms with Crippen LogP contribution < -0.4 is 11.1 Å². The Labute approximate surface area is 161 Å². The SMILES string of the molecule is CSc1nc(O)c(C(c2ccccn2)c2c(O)nc(SC)[nH]c2=O)c(=O)[nH]1. The molecule has 0 spiro atoms. The van der Waals surface area contributed by atoms with E-state index in [-0.39, 0.29) is 27.1 Å². The summed E-state index contributed by atoms with van der Waals surface area (Å²) in [4.78, 5) is 42.4. The second-order valence-electron chi connectivity index (χ2n) is 5.31. The average molecular weight is 405 g/mol. The van der Waals surface area contributed by atoms with Crippen LogP contribution in [-0.4, -0.2) is 47.6 Å². The van der Waals surface area contributed by atoms with E-state index >= 15 is 0 Å². The Kier molecular flexibility index (Phi) is 5.51. The first-order valence-electron chi connectivity index (χ1n) is 7.61. The third kappa shape index (κ3) is 3.69. The minimum atomic E-state index is -1.16. The molecule has 0 unspecified atom stereocenters. The van der Waals surface area contributed by atoms with E-state index in [0.717, 1.165) is 23.5 Å². The van der Waals surface area contributed by atoms with Crippen molar-refractivity contribution in [2.24, 2.45) is 0 Å². The quantitative estimate of drug-likeness (QED) is 0.364. The van der Waals surface area contributed by atoms with Gasteiger partial charge in [-0.25, -0.2) is 0 Å². The summed E-state index contributed by atoms with van der Waals surface area (Å²) in [6.45, 7) is 0. The molecule has 0 bridgehead atoms. The summed E-state index contributed by atoms with van der Waals surface area (Å²) in [5.74, 6) is -2.26. The lowest BCUT2D eigenvalue weighted by Crippen LogP contribution is -2.26. The van der Waals surface area contributed by atoms with Gasteiger partial charge < -0.3 is 20.2 Å². The van der Waals surface area contributed by atoms with E-state index in [1.165, 1.54) is 6.20 Å². The van der Waals surface area contributed by atoms with E-state index in [2.05, 4.69) is 24.9 Å². The monoisotopic (exact) mass is 405 g/mol. The molecule has 11 heteroatoms. The Bertz CT molecular complexity index is 1020. The van der Waals surface area contributed by atoms with Crippen LogP contribution in [0.15, 0.2) is 44.3 Å². The van der Waals surface area contributed by atoms with Crippen LogP contribution in [0, 0.1) is 0 Å². The molecule has 0 amide bonds. The molecular weight excluding hydrogens is 390 g/mol. The summed E-state index contributed by atoms with van der Waals surface area (Å²) in [6, 6.07) is 4.91. The molecule has 3 rings (SSSR count). The normalized spacial score (nSPS) is 11.1. The van der Waals surface area contributed by atoms with Crippen molar-refractivity contribution >= 4 is 23.5 Å². The Morgan fingerprint density at radius 1 is 0.926 bits per heavy atom. The summed E-state index contributed by atoms with van der Waals surface area (Å²) in [7, 11) is 0. The number of nitrogens with zero attached hydrogens (tertiary/aromatic N) is 3. The van der Waals surface area contributed by atoms with Gasteiger partial charge in [-0.05, 0) is 24.6 Å². The summed E-state index contributed by atoms with van der Waals surface area (Å²) in [5, 5.41) is 21.2. The minimum absolute atomic E-state index is 0.203. The van der Waals surface area contributed by atoms with Crippen LogP contribution in [0.3, 0.4) is 0 Å². The molecule has 3 aromatic rings. The van der Waals surface area contributed by atoms with Gasteiger partial charge >= 0.3 is 0 Å². The highest BCUT2D eigenvalue weighted by atomic mass is 32.2. The molecular formula is C16H15N5O4S2. The first-order chi connectivity index (χ1) is 13.0. The minimum Gasteiger partial charge on any atom is -0.493 e. The fourth-order valence-corrected chi connectivity index (χ4v) is 3.35. The van der Waals surface area contributed by atoms with Crippen molar-refractivity contribution in [2.75, 3.05) is 12.5 Å². The number of pyridine rings is 1. The molecule has 0 saturated heterocycles. The lowest BCUT2D eigenvalue weighted by Gasteiger charge is -2.17. The Morgan fingerprint density at radius 3 is 1.81 bits per heavy atom. The van der Waals surface area contributed by atoms with Crippen LogP contribution in [0.4, 0.5) is 0 Å². The first-order valence-corrected chi connectivity index (χ1v) is 10.1. The lowest BCUT2D eigenvalue weighted by molar-refractivity contribution is 0.424. The maximum atomic E-state index is 12.6. The van der Waals surface area contributed by atoms with Crippen molar-refractivity contribution in [1.29, 1.82) is 0 Å². The largest absolute Gasteiger partial charge is 0.493 e. The summed E-state index contributed by atoms with van der Waals surface area (Å²) >= 11 is 2.29. The van der Waals surface area contributed by atoms with Gasteiger partial charge in [0, 0.05) is 6.20 Å². The number of hydrogen-bond donors (Lipinski definition) is 4. The zero-order valence-electron chi connectivity index (χ0n) is 14.3. The van der Waals surface area contributed by atoms with Gasteiger partial charge in [-0.3, -0.25) is 14.6 Å². The number of aromatic hydroxyl groups is 2. The molecule has 3 aromatic heterocycles. The fourth-order valence-electron chi connectivity index (χ4n) is 2.60. The molecule has 3 heterocycles. The Hall–Kier alpha value is -2.79. The van der Waals surface area contributed by atoms with E-state index in [9.17, 15) is 19.8 Å². The third-order valence-corrected chi connectivity index (χ3v) is 4.93. The number of H-pyrrole nitrogens is 2. The molecule has 0 aliphatic carbocycles. The zero-order chi connectivity index (χ0) is 19.6. The van der Waals surface area contributed by atoms with Gasteiger partial charge in [0.25, 0.3) is 11.1 Å². The van der Waals surface area contributed by atoms with E-state index in [1.807, 2.05) is 0 Å². The third-order valence-electron chi connectivity index (χ3n) is 3.77. The molecule has 0 atom stereocenters. The van der Waals surface area contributed by atoms with Crippen LogP contribution in [0.1, 0.15) is 22.7 Å². The van der Waals surface area contributed by atoms with Crippen LogP contribution in [0.5, 0.6) is 11.8 Å². The van der Waals surface area contributed by atoms with Crippen LogP contribution in [0.2, 0.25) is 0 Å². The Morgan fingerprint density at radius 2 is 1.44 bits per heavy atom. The average Bonchev–Trinajstić information content (AvgIpc) is 2.66. The molecule has 0 fully saturated rings. The Balaban J connectivity index is 2.34. The standard InChI is InChI=1S/C16H15N5O4S2/c1-26-15-18-11(22)9(12(23)19-15)8(7-5-3-4-6-17-7)10-13(24)20-16(27-2)21-14(10)25/h3-6,8H,1-2H3,(H2,18,19,22,23)(H2,20,21,24,25). The van der Waals surface area contributed by atoms with Crippen molar-refractivity contribution in [1.82, 2.24) is 24.9 Å². The van der Waals surface area contributed by atoms with Crippen molar-refractivity contribution in [3.63, 3.8) is 0 Å². The maximum absolute atomic E-state index is 12.6. The van der Waals surface area contributed by atoms with Gasteiger partial charge in [0.2, 0.25) is 11.8 Å².